The van der Waals surface area contributed by atoms with E-state index >= 15 is 0 Å². The summed E-state index contributed by atoms with van der Waals surface area (Å²) >= 11 is 2.21. The molecule has 0 bridgehead atoms. The molecule has 0 aliphatic heterocycles. The van der Waals surface area contributed by atoms with E-state index in [0.717, 1.165) is 14.8 Å². The summed E-state index contributed by atoms with van der Waals surface area (Å²) in [5, 5.41) is 6.82. The molecule has 0 unspecified atom stereocenters. The molecule has 0 saturated carbocycles. The molecule has 0 radical (unpaired) electrons. The molecule has 1 N–H and O–H groups in total. The van der Waals surface area contributed by atoms with Crippen molar-refractivity contribution in [3.8, 4) is 22.9 Å². The van der Waals surface area contributed by atoms with Gasteiger partial charge in [0.2, 0.25) is 17.6 Å². The quantitative estimate of drug-likeness (QED) is 0.517. The van der Waals surface area contributed by atoms with Gasteiger partial charge in [0.25, 0.3) is 0 Å². The first-order valence-electron chi connectivity index (χ1n) is 8.19. The van der Waals surface area contributed by atoms with Gasteiger partial charge in [0.1, 0.15) is 0 Å². The average molecular weight is 479 g/mol. The largest absolute Gasteiger partial charge is 0.493 e. The van der Waals surface area contributed by atoms with E-state index < -0.39 is 0 Å². The van der Waals surface area contributed by atoms with Gasteiger partial charge in [-0.25, -0.2) is 0 Å². The molecule has 27 heavy (non-hydrogen) atoms. The highest BCUT2D eigenvalue weighted by molar-refractivity contribution is 14.1. The predicted octanol–water partition coefficient (Wildman–Crippen LogP) is 3.93. The number of methoxy groups -OCH3 is 2. The molecule has 3 aromatic rings. The fraction of sp³-hybridized carbons (Fsp3) is 0.211. The summed E-state index contributed by atoms with van der Waals surface area (Å²) in [6.07, 6.45) is 0.607. The molecular weight excluding hydrogens is 461 g/mol. The highest BCUT2D eigenvalue weighted by Gasteiger charge is 2.13. The number of hydrogen-bond acceptors (Lipinski definition) is 6. The molecule has 0 spiro atoms. The molecule has 7 nitrogen and oxygen atoms in total. The zero-order valence-corrected chi connectivity index (χ0v) is 17.0. The van der Waals surface area contributed by atoms with Crippen LogP contribution < -0.4 is 14.8 Å². The van der Waals surface area contributed by atoms with E-state index in [2.05, 4.69) is 38.0 Å². The van der Waals surface area contributed by atoms with Crippen LogP contribution in [-0.4, -0.2) is 30.3 Å². The number of carbonyl (C=O) groups excluding carboxylic acids is 1. The van der Waals surface area contributed by atoms with Crippen LogP contribution in [0.15, 0.2) is 47.0 Å². The van der Waals surface area contributed by atoms with E-state index in [-0.39, 0.29) is 12.3 Å². The number of aryl methyl sites for hydroxylation is 1. The van der Waals surface area contributed by atoms with E-state index in [0.29, 0.717) is 29.6 Å². The fourth-order valence-corrected chi connectivity index (χ4v) is 2.79. The minimum Gasteiger partial charge on any atom is -0.493 e. The number of carbonyl (C=O) groups is 1. The maximum atomic E-state index is 12.1. The van der Waals surface area contributed by atoms with Gasteiger partial charge >= 0.3 is 0 Å². The van der Waals surface area contributed by atoms with Gasteiger partial charge < -0.3 is 19.3 Å². The van der Waals surface area contributed by atoms with Crippen LogP contribution in [0.1, 0.15) is 12.3 Å². The number of nitrogens with one attached hydrogen (secondary N) is 1. The van der Waals surface area contributed by atoms with Crippen molar-refractivity contribution in [2.75, 3.05) is 19.5 Å². The second-order valence-electron chi connectivity index (χ2n) is 5.64. The van der Waals surface area contributed by atoms with Gasteiger partial charge in [-0.2, -0.15) is 4.98 Å². The molecule has 0 aliphatic rings. The average Bonchev–Trinajstić information content (AvgIpc) is 3.16. The van der Waals surface area contributed by atoms with Crippen molar-refractivity contribution in [3.05, 3.63) is 51.9 Å². The Morgan fingerprint density at radius 3 is 2.56 bits per heavy atom. The second-order valence-corrected chi connectivity index (χ2v) is 6.88. The number of aromatic nitrogens is 2. The summed E-state index contributed by atoms with van der Waals surface area (Å²) in [5.41, 5.74) is 1.50. The molecule has 140 valence electrons. The van der Waals surface area contributed by atoms with Gasteiger partial charge in [0.15, 0.2) is 11.5 Å². The Morgan fingerprint density at radius 2 is 1.85 bits per heavy atom. The van der Waals surface area contributed by atoms with Crippen molar-refractivity contribution in [1.29, 1.82) is 0 Å². The number of rotatable bonds is 7. The van der Waals surface area contributed by atoms with E-state index in [1.54, 1.807) is 26.4 Å². The van der Waals surface area contributed by atoms with E-state index in [4.69, 9.17) is 14.0 Å². The molecule has 0 atom stereocenters. The Kier molecular flexibility index (Phi) is 6.28. The highest BCUT2D eigenvalue weighted by Crippen LogP contribution is 2.31. The molecule has 3 rings (SSSR count). The van der Waals surface area contributed by atoms with Gasteiger partial charge in [0, 0.05) is 27.7 Å². The summed E-state index contributed by atoms with van der Waals surface area (Å²) < 4.78 is 16.9. The van der Waals surface area contributed by atoms with Crippen molar-refractivity contribution in [2.24, 2.45) is 0 Å². The third-order valence-corrected chi connectivity index (χ3v) is 4.52. The first-order valence-corrected chi connectivity index (χ1v) is 9.27. The van der Waals surface area contributed by atoms with Crippen molar-refractivity contribution < 1.29 is 18.8 Å². The van der Waals surface area contributed by atoms with E-state index in [1.165, 1.54) is 0 Å². The van der Waals surface area contributed by atoms with Gasteiger partial charge in [0.05, 0.1) is 14.2 Å². The highest BCUT2D eigenvalue weighted by atomic mass is 127. The molecule has 1 heterocycles. The number of benzene rings is 2. The Balaban J connectivity index is 1.61. The zero-order valence-electron chi connectivity index (χ0n) is 14.9. The minimum absolute atomic E-state index is 0.109. The molecule has 1 aromatic heterocycles. The SMILES string of the molecule is COc1ccc(-c2noc(CCC(=O)Nc3ccc(I)cc3)n2)cc1OC. The molecule has 1 amide bonds. The van der Waals surface area contributed by atoms with E-state index in [1.807, 2.05) is 30.3 Å². The van der Waals surface area contributed by atoms with Crippen LogP contribution in [0.2, 0.25) is 0 Å². The first kappa shape index (κ1) is 19.2. The van der Waals surface area contributed by atoms with Crippen molar-refractivity contribution >= 4 is 34.2 Å². The Bertz CT molecular complexity index is 925. The first-order chi connectivity index (χ1) is 13.1. The Labute approximate surface area is 170 Å². The van der Waals surface area contributed by atoms with Crippen molar-refractivity contribution in [3.63, 3.8) is 0 Å². The number of halogens is 1. The number of ether oxygens (including phenoxy) is 2. The van der Waals surface area contributed by atoms with Gasteiger partial charge in [-0.15, -0.1) is 0 Å². The molecule has 0 aliphatic carbocycles. The third-order valence-electron chi connectivity index (χ3n) is 3.80. The van der Waals surface area contributed by atoms with Crippen LogP contribution in [0.3, 0.4) is 0 Å². The Morgan fingerprint density at radius 1 is 1.11 bits per heavy atom. The Hall–Kier alpha value is -2.62. The molecule has 2 aromatic carbocycles. The van der Waals surface area contributed by atoms with Crippen LogP contribution in [0, 0.1) is 3.57 Å². The lowest BCUT2D eigenvalue weighted by Crippen LogP contribution is -2.12. The molecular formula is C19H18IN3O4. The second kappa shape index (κ2) is 8.85. The standard InChI is InChI=1S/C19H18IN3O4/c1-25-15-8-3-12(11-16(15)26-2)19-22-18(27-23-19)10-9-17(24)21-14-6-4-13(20)5-7-14/h3-8,11H,9-10H2,1-2H3,(H,21,24). The van der Waals surface area contributed by atoms with Gasteiger partial charge in [-0.3, -0.25) is 4.79 Å². The number of nitrogens with zero attached hydrogens (tertiary/aromatic N) is 2. The fourth-order valence-electron chi connectivity index (χ4n) is 2.43. The normalized spacial score (nSPS) is 10.5. The maximum absolute atomic E-state index is 12.1. The van der Waals surface area contributed by atoms with Crippen LogP contribution in [-0.2, 0) is 11.2 Å². The zero-order chi connectivity index (χ0) is 19.2. The van der Waals surface area contributed by atoms with E-state index in [9.17, 15) is 4.79 Å². The lowest BCUT2D eigenvalue weighted by molar-refractivity contribution is -0.116. The number of amides is 1. The molecule has 0 fully saturated rings. The lowest BCUT2D eigenvalue weighted by atomic mass is 10.2. The van der Waals surface area contributed by atoms with Crippen LogP contribution >= 0.6 is 22.6 Å². The topological polar surface area (TPSA) is 86.5 Å². The summed E-state index contributed by atoms with van der Waals surface area (Å²) in [5.74, 6) is 1.93. The summed E-state index contributed by atoms with van der Waals surface area (Å²) in [6, 6.07) is 13.0. The summed E-state index contributed by atoms with van der Waals surface area (Å²) in [4.78, 5) is 16.4. The van der Waals surface area contributed by atoms with Gasteiger partial charge in [-0.1, -0.05) is 5.16 Å². The minimum atomic E-state index is -0.109. The monoisotopic (exact) mass is 479 g/mol. The predicted molar refractivity (Wildman–Crippen MR) is 109 cm³/mol. The number of anilines is 1. The smallest absolute Gasteiger partial charge is 0.227 e. The number of hydrogen-bond donors (Lipinski definition) is 1. The van der Waals surface area contributed by atoms with Crippen LogP contribution in [0.5, 0.6) is 11.5 Å². The summed E-state index contributed by atoms with van der Waals surface area (Å²) in [7, 11) is 3.14. The van der Waals surface area contributed by atoms with Crippen molar-refractivity contribution in [2.45, 2.75) is 12.8 Å². The molecule has 0 saturated heterocycles. The van der Waals surface area contributed by atoms with Crippen LogP contribution in [0.4, 0.5) is 5.69 Å². The molecule has 8 heteroatoms. The maximum Gasteiger partial charge on any atom is 0.227 e. The third kappa shape index (κ3) is 4.97. The van der Waals surface area contributed by atoms with Crippen LogP contribution in [0.25, 0.3) is 11.4 Å². The summed E-state index contributed by atoms with van der Waals surface area (Å²) in [6.45, 7) is 0. The lowest BCUT2D eigenvalue weighted by Gasteiger charge is -2.07. The van der Waals surface area contributed by atoms with Gasteiger partial charge in [-0.05, 0) is 65.1 Å². The van der Waals surface area contributed by atoms with Crippen molar-refractivity contribution in [1.82, 2.24) is 10.1 Å².